The Morgan fingerprint density at radius 2 is 2.00 bits per heavy atom. The molecule has 1 N–H and O–H groups in total. The van der Waals surface area contributed by atoms with E-state index in [9.17, 15) is 0 Å². The number of rotatable bonds is 9. The van der Waals surface area contributed by atoms with Gasteiger partial charge in [0.05, 0.1) is 0 Å². The molecule has 0 radical (unpaired) electrons. The van der Waals surface area contributed by atoms with Crippen molar-refractivity contribution >= 4 is 0 Å². The van der Waals surface area contributed by atoms with Crippen molar-refractivity contribution in [2.45, 2.75) is 52.0 Å². The molecule has 0 aliphatic heterocycles. The number of nitrogens with zero attached hydrogens (tertiary/aromatic N) is 1. The monoisotopic (exact) mass is 224 g/mol. The predicted octanol–water partition coefficient (Wildman–Crippen LogP) is 2.50. The summed E-state index contributed by atoms with van der Waals surface area (Å²) in [5.41, 5.74) is 0. The van der Waals surface area contributed by atoms with E-state index < -0.39 is 0 Å². The second kappa shape index (κ2) is 6.02. The van der Waals surface area contributed by atoms with Crippen LogP contribution in [0.25, 0.3) is 0 Å². The number of nitrogens with one attached hydrogen (secondary N) is 1. The zero-order chi connectivity index (χ0) is 11.4. The average molecular weight is 224 g/mol. The van der Waals surface area contributed by atoms with Crippen LogP contribution in [0.5, 0.6) is 0 Å². The van der Waals surface area contributed by atoms with E-state index in [0.717, 1.165) is 17.9 Å². The molecule has 2 nitrogen and oxygen atoms in total. The van der Waals surface area contributed by atoms with Gasteiger partial charge >= 0.3 is 0 Å². The summed E-state index contributed by atoms with van der Waals surface area (Å²) in [7, 11) is 0. The smallest absolute Gasteiger partial charge is 0.00966 e. The standard InChI is InChI=1S/C14H28N2/c1-3-8-15-9-12(2)10-16(14-6-7-14)11-13-4-5-13/h12-15H,3-11H2,1-2H3. The largest absolute Gasteiger partial charge is 0.316 e. The molecule has 0 saturated heterocycles. The molecule has 0 amide bonds. The van der Waals surface area contributed by atoms with Gasteiger partial charge in [-0.05, 0) is 57.0 Å². The first kappa shape index (κ1) is 12.4. The third-order valence-electron chi connectivity index (χ3n) is 3.72. The molecule has 0 heterocycles. The maximum atomic E-state index is 3.54. The molecule has 94 valence electrons. The van der Waals surface area contributed by atoms with E-state index in [4.69, 9.17) is 0 Å². The Labute approximate surface area is 101 Å². The van der Waals surface area contributed by atoms with Gasteiger partial charge in [-0.1, -0.05) is 13.8 Å². The van der Waals surface area contributed by atoms with E-state index in [1.165, 1.54) is 58.3 Å². The van der Waals surface area contributed by atoms with Gasteiger partial charge in [0, 0.05) is 19.1 Å². The summed E-state index contributed by atoms with van der Waals surface area (Å²) >= 11 is 0. The summed E-state index contributed by atoms with van der Waals surface area (Å²) in [5.74, 6) is 1.86. The van der Waals surface area contributed by atoms with Gasteiger partial charge in [0.25, 0.3) is 0 Å². The van der Waals surface area contributed by atoms with Crippen LogP contribution in [-0.4, -0.2) is 37.1 Å². The Hall–Kier alpha value is -0.0800. The molecule has 2 aliphatic carbocycles. The van der Waals surface area contributed by atoms with Crippen LogP contribution in [0.4, 0.5) is 0 Å². The van der Waals surface area contributed by atoms with E-state index in [1.54, 1.807) is 0 Å². The molecule has 0 bridgehead atoms. The van der Waals surface area contributed by atoms with Crippen LogP contribution < -0.4 is 5.32 Å². The Balaban J connectivity index is 1.63. The molecule has 2 rings (SSSR count). The molecular formula is C14H28N2. The SMILES string of the molecule is CCCNCC(C)CN(CC1CC1)C1CC1. The van der Waals surface area contributed by atoms with Crippen LogP contribution >= 0.6 is 0 Å². The third kappa shape index (κ3) is 4.42. The maximum absolute atomic E-state index is 3.54. The highest BCUT2D eigenvalue weighted by atomic mass is 15.2. The fourth-order valence-electron chi connectivity index (χ4n) is 2.43. The van der Waals surface area contributed by atoms with E-state index in [1.807, 2.05) is 0 Å². The Morgan fingerprint density at radius 1 is 1.25 bits per heavy atom. The molecule has 2 fully saturated rings. The van der Waals surface area contributed by atoms with Crippen LogP contribution in [0.15, 0.2) is 0 Å². The molecule has 2 aliphatic rings. The van der Waals surface area contributed by atoms with Crippen LogP contribution in [0.2, 0.25) is 0 Å². The van der Waals surface area contributed by atoms with Gasteiger partial charge in [-0.3, -0.25) is 4.90 Å². The molecule has 0 spiro atoms. The van der Waals surface area contributed by atoms with Crippen molar-refractivity contribution in [3.63, 3.8) is 0 Å². The lowest BCUT2D eigenvalue weighted by Gasteiger charge is -2.25. The van der Waals surface area contributed by atoms with E-state index in [-0.39, 0.29) is 0 Å². The van der Waals surface area contributed by atoms with Crippen LogP contribution in [-0.2, 0) is 0 Å². The first-order valence-electron chi connectivity index (χ1n) is 7.24. The topological polar surface area (TPSA) is 15.3 Å². The number of hydrogen-bond donors (Lipinski definition) is 1. The molecule has 2 saturated carbocycles. The quantitative estimate of drug-likeness (QED) is 0.605. The van der Waals surface area contributed by atoms with Crippen molar-refractivity contribution in [1.29, 1.82) is 0 Å². The lowest BCUT2D eigenvalue weighted by Crippen LogP contribution is -2.36. The molecule has 0 aromatic rings. The second-order valence-electron chi connectivity index (χ2n) is 5.94. The lowest BCUT2D eigenvalue weighted by atomic mass is 10.1. The highest BCUT2D eigenvalue weighted by Gasteiger charge is 2.33. The summed E-state index contributed by atoms with van der Waals surface area (Å²) in [6.07, 6.45) is 7.15. The Kier molecular flexibility index (Phi) is 4.66. The minimum Gasteiger partial charge on any atom is -0.316 e. The number of hydrogen-bond acceptors (Lipinski definition) is 2. The van der Waals surface area contributed by atoms with Crippen LogP contribution in [0.3, 0.4) is 0 Å². The predicted molar refractivity (Wildman–Crippen MR) is 69.6 cm³/mol. The Bertz CT molecular complexity index is 197. The summed E-state index contributed by atoms with van der Waals surface area (Å²) in [6.45, 7) is 9.71. The molecule has 1 unspecified atom stereocenters. The van der Waals surface area contributed by atoms with Crippen molar-refractivity contribution in [1.82, 2.24) is 10.2 Å². The zero-order valence-electron chi connectivity index (χ0n) is 11.0. The van der Waals surface area contributed by atoms with Gasteiger partial charge in [-0.25, -0.2) is 0 Å². The Morgan fingerprint density at radius 3 is 2.56 bits per heavy atom. The normalized spacial score (nSPS) is 22.7. The minimum atomic E-state index is 0.811. The van der Waals surface area contributed by atoms with Gasteiger partial charge in [-0.2, -0.15) is 0 Å². The molecule has 1 atom stereocenters. The third-order valence-corrected chi connectivity index (χ3v) is 3.72. The van der Waals surface area contributed by atoms with Crippen molar-refractivity contribution in [2.24, 2.45) is 11.8 Å². The summed E-state index contributed by atoms with van der Waals surface area (Å²) in [6, 6.07) is 0.953. The highest BCUT2D eigenvalue weighted by molar-refractivity contribution is 4.89. The second-order valence-corrected chi connectivity index (χ2v) is 5.94. The lowest BCUT2D eigenvalue weighted by molar-refractivity contribution is 0.216. The van der Waals surface area contributed by atoms with Gasteiger partial charge in [0.2, 0.25) is 0 Å². The highest BCUT2D eigenvalue weighted by Crippen LogP contribution is 2.35. The fraction of sp³-hybridized carbons (Fsp3) is 1.00. The van der Waals surface area contributed by atoms with Gasteiger partial charge in [0.1, 0.15) is 0 Å². The molecule has 0 aromatic heterocycles. The van der Waals surface area contributed by atoms with Crippen molar-refractivity contribution in [2.75, 3.05) is 26.2 Å². The molecular weight excluding hydrogens is 196 g/mol. The van der Waals surface area contributed by atoms with Crippen LogP contribution in [0.1, 0.15) is 46.0 Å². The molecule has 0 aromatic carbocycles. The zero-order valence-corrected chi connectivity index (χ0v) is 11.0. The first-order valence-corrected chi connectivity index (χ1v) is 7.24. The van der Waals surface area contributed by atoms with Crippen LogP contribution in [0, 0.1) is 11.8 Å². The minimum absolute atomic E-state index is 0.811. The fourth-order valence-corrected chi connectivity index (χ4v) is 2.43. The average Bonchev–Trinajstić information content (AvgIpc) is 3.11. The van der Waals surface area contributed by atoms with Crippen molar-refractivity contribution in [3.8, 4) is 0 Å². The van der Waals surface area contributed by atoms with Gasteiger partial charge < -0.3 is 5.32 Å². The van der Waals surface area contributed by atoms with Crippen molar-refractivity contribution < 1.29 is 0 Å². The van der Waals surface area contributed by atoms with Gasteiger partial charge in [0.15, 0.2) is 0 Å². The van der Waals surface area contributed by atoms with E-state index >= 15 is 0 Å². The maximum Gasteiger partial charge on any atom is 0.00966 e. The van der Waals surface area contributed by atoms with Gasteiger partial charge in [-0.15, -0.1) is 0 Å². The molecule has 16 heavy (non-hydrogen) atoms. The van der Waals surface area contributed by atoms with Crippen molar-refractivity contribution in [3.05, 3.63) is 0 Å². The summed E-state index contributed by atoms with van der Waals surface area (Å²) < 4.78 is 0. The van der Waals surface area contributed by atoms with E-state index in [0.29, 0.717) is 0 Å². The summed E-state index contributed by atoms with van der Waals surface area (Å²) in [4.78, 5) is 2.77. The molecule has 2 heteroatoms. The summed E-state index contributed by atoms with van der Waals surface area (Å²) in [5, 5.41) is 3.54. The first-order chi connectivity index (χ1) is 7.79. The van der Waals surface area contributed by atoms with E-state index in [2.05, 4.69) is 24.1 Å².